The second-order valence-electron chi connectivity index (χ2n) is 3.60. The summed E-state index contributed by atoms with van der Waals surface area (Å²) in [6.45, 7) is 0. The Morgan fingerprint density at radius 3 is 2.70 bits per heavy atom. The number of nitro benzene ring substituents is 1. The highest BCUT2D eigenvalue weighted by Crippen LogP contribution is 2.28. The van der Waals surface area contributed by atoms with Gasteiger partial charge in [-0.25, -0.2) is 4.98 Å². The molecule has 1 aromatic carbocycles. The molecule has 7 nitrogen and oxygen atoms in total. The number of hydrogen-bond donors (Lipinski definition) is 1. The van der Waals surface area contributed by atoms with Crippen LogP contribution in [0.15, 0.2) is 30.6 Å². The Kier molecular flexibility index (Phi) is 4.11. The van der Waals surface area contributed by atoms with Gasteiger partial charge in [0.1, 0.15) is 16.5 Å². The molecular weight excluding hydrogens is 307 g/mol. The van der Waals surface area contributed by atoms with Gasteiger partial charge in [-0.05, 0) is 12.1 Å². The Balaban J connectivity index is 2.30. The maximum Gasteiger partial charge on any atom is 0.294 e. The minimum Gasteiger partial charge on any atom is -0.315 e. The van der Waals surface area contributed by atoms with Crippen LogP contribution < -0.4 is 5.32 Å². The normalized spacial score (nSPS) is 10.1. The van der Waals surface area contributed by atoms with Crippen molar-refractivity contribution in [3.63, 3.8) is 0 Å². The molecule has 1 amide bonds. The lowest BCUT2D eigenvalue weighted by atomic mass is 10.2. The van der Waals surface area contributed by atoms with Crippen molar-refractivity contribution >= 4 is 40.5 Å². The van der Waals surface area contributed by atoms with Crippen LogP contribution in [0.3, 0.4) is 0 Å². The third-order valence-electron chi connectivity index (χ3n) is 2.24. The molecular formula is C11H6Cl2N4O3. The first-order chi connectivity index (χ1) is 9.47. The number of nitrogens with zero attached hydrogens (tertiary/aromatic N) is 3. The van der Waals surface area contributed by atoms with Crippen LogP contribution in [0.2, 0.25) is 10.2 Å². The molecule has 1 heterocycles. The summed E-state index contributed by atoms with van der Waals surface area (Å²) in [6, 6.07) is 3.89. The molecule has 0 aliphatic heterocycles. The highest BCUT2D eigenvalue weighted by molar-refractivity contribution is 6.31. The second-order valence-corrected chi connectivity index (χ2v) is 4.42. The first-order valence-corrected chi connectivity index (χ1v) is 5.96. The number of anilines is 1. The van der Waals surface area contributed by atoms with Gasteiger partial charge in [0.15, 0.2) is 0 Å². The summed E-state index contributed by atoms with van der Waals surface area (Å²) in [6.07, 6.45) is 2.46. The average Bonchev–Trinajstić information content (AvgIpc) is 2.40. The molecule has 102 valence electrons. The van der Waals surface area contributed by atoms with Crippen molar-refractivity contribution in [1.29, 1.82) is 0 Å². The van der Waals surface area contributed by atoms with Crippen molar-refractivity contribution < 1.29 is 9.72 Å². The molecule has 2 rings (SSSR count). The van der Waals surface area contributed by atoms with Gasteiger partial charge in [-0.2, -0.15) is 0 Å². The summed E-state index contributed by atoms with van der Waals surface area (Å²) < 4.78 is 0. The summed E-state index contributed by atoms with van der Waals surface area (Å²) >= 11 is 11.3. The van der Waals surface area contributed by atoms with Gasteiger partial charge < -0.3 is 5.32 Å². The maximum absolute atomic E-state index is 11.9. The van der Waals surface area contributed by atoms with Crippen molar-refractivity contribution in [2.45, 2.75) is 0 Å². The standard InChI is InChI=1S/C11H6Cl2N4O3/c12-6-1-2-7(9(3-6)17(19)20)16-11(18)8-4-14-5-10(13)15-8/h1-5H,(H,16,18). The van der Waals surface area contributed by atoms with E-state index in [0.29, 0.717) is 0 Å². The Hall–Kier alpha value is -2.25. The van der Waals surface area contributed by atoms with Crippen LogP contribution in [-0.4, -0.2) is 20.8 Å². The molecule has 0 saturated carbocycles. The minimum atomic E-state index is -0.662. The van der Waals surface area contributed by atoms with E-state index in [2.05, 4.69) is 15.3 Å². The van der Waals surface area contributed by atoms with Gasteiger partial charge in [0.2, 0.25) is 0 Å². The number of benzene rings is 1. The molecule has 2 aromatic rings. The average molecular weight is 313 g/mol. The predicted octanol–water partition coefficient (Wildman–Crippen LogP) is 2.94. The number of rotatable bonds is 3. The van der Waals surface area contributed by atoms with Crippen molar-refractivity contribution in [2.75, 3.05) is 5.32 Å². The molecule has 20 heavy (non-hydrogen) atoms. The van der Waals surface area contributed by atoms with Crippen LogP contribution in [0.1, 0.15) is 10.5 Å². The number of hydrogen-bond acceptors (Lipinski definition) is 5. The topological polar surface area (TPSA) is 98.0 Å². The number of aromatic nitrogens is 2. The molecule has 0 aliphatic rings. The smallest absolute Gasteiger partial charge is 0.294 e. The largest absolute Gasteiger partial charge is 0.315 e. The van der Waals surface area contributed by atoms with E-state index in [1.165, 1.54) is 24.5 Å². The third-order valence-corrected chi connectivity index (χ3v) is 2.66. The van der Waals surface area contributed by atoms with Crippen LogP contribution in [-0.2, 0) is 0 Å². The van der Waals surface area contributed by atoms with Gasteiger partial charge in [-0.15, -0.1) is 0 Å². The number of nitrogens with one attached hydrogen (secondary N) is 1. The van der Waals surface area contributed by atoms with Crippen molar-refractivity contribution in [2.24, 2.45) is 0 Å². The van der Waals surface area contributed by atoms with Gasteiger partial charge in [-0.3, -0.25) is 19.9 Å². The molecule has 1 N–H and O–H groups in total. The third kappa shape index (κ3) is 3.19. The van der Waals surface area contributed by atoms with E-state index in [9.17, 15) is 14.9 Å². The zero-order chi connectivity index (χ0) is 14.7. The van der Waals surface area contributed by atoms with Crippen LogP contribution in [0.4, 0.5) is 11.4 Å². The fraction of sp³-hybridized carbons (Fsp3) is 0. The molecule has 0 atom stereocenters. The summed E-state index contributed by atoms with van der Waals surface area (Å²) in [5.74, 6) is -0.662. The van der Waals surface area contributed by atoms with Gasteiger partial charge >= 0.3 is 0 Å². The van der Waals surface area contributed by atoms with Crippen LogP contribution in [0.25, 0.3) is 0 Å². The van der Waals surface area contributed by atoms with E-state index in [1.807, 2.05) is 0 Å². The Morgan fingerprint density at radius 2 is 2.05 bits per heavy atom. The number of carbonyl (C=O) groups excluding carboxylic acids is 1. The minimum absolute atomic E-state index is 0.00572. The van der Waals surface area contributed by atoms with E-state index >= 15 is 0 Å². The lowest BCUT2D eigenvalue weighted by molar-refractivity contribution is -0.383. The van der Waals surface area contributed by atoms with Gasteiger partial charge in [0.25, 0.3) is 11.6 Å². The summed E-state index contributed by atoms with van der Waals surface area (Å²) in [5.41, 5.74) is -0.367. The van der Waals surface area contributed by atoms with Crippen molar-refractivity contribution in [1.82, 2.24) is 9.97 Å². The first kappa shape index (κ1) is 14.2. The molecule has 9 heteroatoms. The molecule has 0 radical (unpaired) electrons. The molecule has 1 aromatic heterocycles. The molecule has 0 spiro atoms. The maximum atomic E-state index is 11.9. The Labute approximate surface area is 122 Å². The lowest BCUT2D eigenvalue weighted by Crippen LogP contribution is -2.15. The molecule has 0 bridgehead atoms. The summed E-state index contributed by atoms with van der Waals surface area (Å²) in [5, 5.41) is 13.5. The Morgan fingerprint density at radius 1 is 1.30 bits per heavy atom. The summed E-state index contributed by atoms with van der Waals surface area (Å²) in [4.78, 5) is 29.6. The zero-order valence-corrected chi connectivity index (χ0v) is 11.2. The van der Waals surface area contributed by atoms with E-state index in [-0.39, 0.29) is 27.2 Å². The van der Waals surface area contributed by atoms with Crippen LogP contribution in [0.5, 0.6) is 0 Å². The van der Waals surface area contributed by atoms with Crippen LogP contribution in [0, 0.1) is 10.1 Å². The van der Waals surface area contributed by atoms with Crippen LogP contribution >= 0.6 is 23.2 Å². The van der Waals surface area contributed by atoms with E-state index in [4.69, 9.17) is 23.2 Å². The number of carbonyl (C=O) groups is 1. The zero-order valence-electron chi connectivity index (χ0n) is 9.71. The van der Waals surface area contributed by atoms with E-state index < -0.39 is 10.8 Å². The second kappa shape index (κ2) is 5.81. The highest BCUT2D eigenvalue weighted by atomic mass is 35.5. The monoisotopic (exact) mass is 312 g/mol. The number of halogens is 2. The molecule has 0 unspecified atom stereocenters. The fourth-order valence-corrected chi connectivity index (χ4v) is 1.71. The lowest BCUT2D eigenvalue weighted by Gasteiger charge is -2.05. The number of amides is 1. The van der Waals surface area contributed by atoms with Gasteiger partial charge in [0.05, 0.1) is 17.3 Å². The van der Waals surface area contributed by atoms with Crippen molar-refractivity contribution in [3.05, 3.63) is 56.6 Å². The number of nitro groups is 1. The Bertz CT molecular complexity index is 693. The first-order valence-electron chi connectivity index (χ1n) is 5.20. The SMILES string of the molecule is O=C(Nc1ccc(Cl)cc1[N+](=O)[O-])c1cncc(Cl)n1. The predicted molar refractivity (Wildman–Crippen MR) is 73.1 cm³/mol. The summed E-state index contributed by atoms with van der Waals surface area (Å²) in [7, 11) is 0. The fourth-order valence-electron chi connectivity index (χ4n) is 1.40. The molecule has 0 fully saturated rings. The molecule has 0 aliphatic carbocycles. The van der Waals surface area contributed by atoms with E-state index in [0.717, 1.165) is 6.07 Å². The van der Waals surface area contributed by atoms with Crippen molar-refractivity contribution in [3.8, 4) is 0 Å². The highest BCUT2D eigenvalue weighted by Gasteiger charge is 2.18. The van der Waals surface area contributed by atoms with E-state index in [1.54, 1.807) is 0 Å². The van der Waals surface area contributed by atoms with Gasteiger partial charge in [0, 0.05) is 11.1 Å². The van der Waals surface area contributed by atoms with Gasteiger partial charge in [-0.1, -0.05) is 23.2 Å². The quantitative estimate of drug-likeness (QED) is 0.694. The molecule has 0 saturated heterocycles.